The molecule has 17 heteroatoms. The van der Waals surface area contributed by atoms with E-state index in [1.54, 1.807) is 17.9 Å². The molecule has 1 aromatic heterocycles. The molecule has 1 aromatic carbocycles. The lowest BCUT2D eigenvalue weighted by molar-refractivity contribution is -0.386. The first kappa shape index (κ1) is 34.3. The van der Waals surface area contributed by atoms with Crippen molar-refractivity contribution in [3.05, 3.63) is 50.4 Å². The van der Waals surface area contributed by atoms with Crippen LogP contribution in [0.2, 0.25) is 5.15 Å². The Bertz CT molecular complexity index is 1690. The number of nitro benzene ring substituents is 1. The Morgan fingerprint density at radius 2 is 1.80 bits per heavy atom. The normalized spacial score (nSPS) is 21.0. The van der Waals surface area contributed by atoms with E-state index in [0.29, 0.717) is 30.0 Å². The minimum Gasteiger partial charge on any atom is -0.481 e. The Kier molecular flexibility index (Phi) is 10.4. The Labute approximate surface area is 274 Å². The number of hydrogen-bond acceptors (Lipinski definition) is 12. The van der Waals surface area contributed by atoms with E-state index in [-0.39, 0.29) is 77.8 Å². The minimum absolute atomic E-state index is 0.00364. The molecule has 5 rings (SSSR count). The molecule has 0 saturated carbocycles. The van der Waals surface area contributed by atoms with Gasteiger partial charge in [0.15, 0.2) is 15.6 Å². The van der Waals surface area contributed by atoms with Crippen LogP contribution in [-0.4, -0.2) is 116 Å². The molecule has 0 bridgehead atoms. The number of likely N-dealkylation sites (tertiary alicyclic amines) is 2. The first-order valence-corrected chi connectivity index (χ1v) is 19.5. The summed E-state index contributed by atoms with van der Waals surface area (Å²) < 4.78 is 52.8. The van der Waals surface area contributed by atoms with Crippen LogP contribution in [0.15, 0.2) is 18.5 Å². The highest BCUT2D eigenvalue weighted by molar-refractivity contribution is 7.91. The molecule has 3 aliphatic rings. The van der Waals surface area contributed by atoms with E-state index in [1.807, 2.05) is 11.0 Å². The fourth-order valence-electron chi connectivity index (χ4n) is 6.48. The Hall–Kier alpha value is -3.08. The van der Waals surface area contributed by atoms with E-state index in [9.17, 15) is 31.7 Å². The number of nitrogens with zero attached hydrogens (tertiary/aromatic N) is 6. The number of benzene rings is 1. The molecule has 0 aliphatic carbocycles. The number of sulfone groups is 2. The van der Waals surface area contributed by atoms with E-state index >= 15 is 0 Å². The number of rotatable bonds is 10. The zero-order valence-electron chi connectivity index (χ0n) is 25.9. The van der Waals surface area contributed by atoms with Gasteiger partial charge in [0.05, 0.1) is 27.7 Å². The van der Waals surface area contributed by atoms with Gasteiger partial charge in [0.25, 0.3) is 0 Å². The molecule has 3 fully saturated rings. The van der Waals surface area contributed by atoms with Crippen LogP contribution in [0.5, 0.6) is 5.75 Å². The van der Waals surface area contributed by atoms with Gasteiger partial charge in [-0.2, -0.15) is 0 Å². The van der Waals surface area contributed by atoms with E-state index in [2.05, 4.69) is 14.9 Å². The number of anilines is 1. The molecule has 1 unspecified atom stereocenters. The minimum atomic E-state index is -3.19. The second-order valence-electron chi connectivity index (χ2n) is 12.3. The third-order valence-corrected chi connectivity index (χ3v) is 11.9. The van der Waals surface area contributed by atoms with Gasteiger partial charge in [0, 0.05) is 51.0 Å². The summed E-state index contributed by atoms with van der Waals surface area (Å²) in [5.74, 6) is 0.407. The summed E-state index contributed by atoms with van der Waals surface area (Å²) in [7, 11) is -6.31. The van der Waals surface area contributed by atoms with Gasteiger partial charge in [-0.1, -0.05) is 17.7 Å². The molecule has 2 aromatic rings. The molecule has 1 amide bonds. The first-order chi connectivity index (χ1) is 21.7. The van der Waals surface area contributed by atoms with Gasteiger partial charge in [-0.3, -0.25) is 19.8 Å². The van der Waals surface area contributed by atoms with Crippen LogP contribution in [0.25, 0.3) is 0 Å². The van der Waals surface area contributed by atoms with Gasteiger partial charge in [-0.15, -0.1) is 0 Å². The van der Waals surface area contributed by atoms with E-state index in [0.717, 1.165) is 44.2 Å². The zero-order chi connectivity index (χ0) is 33.2. The second kappa shape index (κ2) is 14.0. The molecule has 3 saturated heterocycles. The summed E-state index contributed by atoms with van der Waals surface area (Å²) in [6.07, 6.45) is 4.88. The summed E-state index contributed by atoms with van der Waals surface area (Å²) in [4.78, 5) is 38.5. The summed E-state index contributed by atoms with van der Waals surface area (Å²) in [5.41, 5.74) is 1.77. The van der Waals surface area contributed by atoms with Gasteiger partial charge in [0.2, 0.25) is 5.91 Å². The zero-order valence-corrected chi connectivity index (χ0v) is 28.3. The lowest BCUT2D eigenvalue weighted by Gasteiger charge is -2.36. The standard InChI is InChI=1S/C29H39ClN6O8S2/c1-20-15-22(21-3-7-33(8-4-21)23-5-9-35(17-23)26(37)6-12-45(2,40)41)16-25(36(38)39)27(20)44-18-24-28(30)31-19-32-29(24)34-10-13-46(42,43)14-11-34/h15-16,19,21,23H,3-14,17-18H2,1-2H3. The molecular weight excluding hydrogens is 660 g/mol. The average Bonchev–Trinajstić information content (AvgIpc) is 3.50. The number of amides is 1. The highest BCUT2D eigenvalue weighted by Crippen LogP contribution is 2.39. The lowest BCUT2D eigenvalue weighted by atomic mass is 9.87. The van der Waals surface area contributed by atoms with Crippen molar-refractivity contribution in [1.82, 2.24) is 19.8 Å². The number of piperidine rings is 1. The number of carbonyl (C=O) groups excluding carboxylic acids is 1. The average molecular weight is 699 g/mol. The first-order valence-electron chi connectivity index (χ1n) is 15.3. The molecule has 0 N–H and O–H groups in total. The molecular formula is C29H39ClN6O8S2. The summed E-state index contributed by atoms with van der Waals surface area (Å²) in [6, 6.07) is 3.72. The van der Waals surface area contributed by atoms with E-state index in [1.165, 1.54) is 6.33 Å². The van der Waals surface area contributed by atoms with Crippen molar-refractivity contribution < 1.29 is 31.3 Å². The van der Waals surface area contributed by atoms with Crippen LogP contribution < -0.4 is 9.64 Å². The molecule has 252 valence electrons. The monoisotopic (exact) mass is 698 g/mol. The van der Waals surface area contributed by atoms with Gasteiger partial charge in [0.1, 0.15) is 33.7 Å². The van der Waals surface area contributed by atoms with Gasteiger partial charge >= 0.3 is 5.69 Å². The molecule has 0 spiro atoms. The summed E-state index contributed by atoms with van der Waals surface area (Å²) >= 11 is 6.40. The van der Waals surface area contributed by atoms with Crippen LogP contribution in [0.4, 0.5) is 11.5 Å². The molecule has 0 radical (unpaired) electrons. The predicted molar refractivity (Wildman–Crippen MR) is 173 cm³/mol. The summed E-state index contributed by atoms with van der Waals surface area (Å²) in [6.45, 7) is 4.91. The topological polar surface area (TPSA) is 173 Å². The fourth-order valence-corrected chi connectivity index (χ4v) is 8.41. The molecule has 3 aliphatic heterocycles. The van der Waals surface area contributed by atoms with Crippen molar-refractivity contribution in [1.29, 1.82) is 0 Å². The SMILES string of the molecule is Cc1cc(C2CCN(C3CCN(C(=O)CCS(C)(=O)=O)C3)CC2)cc([N+](=O)[O-])c1OCc1c(Cl)ncnc1N1CCS(=O)(=O)CC1. The van der Waals surface area contributed by atoms with Crippen LogP contribution >= 0.6 is 11.6 Å². The Morgan fingerprint density at radius 1 is 1.11 bits per heavy atom. The largest absolute Gasteiger partial charge is 0.481 e. The van der Waals surface area contributed by atoms with E-state index in [4.69, 9.17) is 16.3 Å². The maximum Gasteiger partial charge on any atom is 0.311 e. The van der Waals surface area contributed by atoms with Gasteiger partial charge in [-0.05, 0) is 56.3 Å². The van der Waals surface area contributed by atoms with Crippen LogP contribution in [-0.2, 0) is 31.1 Å². The molecule has 1 atom stereocenters. The number of nitro groups is 1. The van der Waals surface area contributed by atoms with Gasteiger partial charge in [-0.25, -0.2) is 26.8 Å². The third kappa shape index (κ3) is 8.25. The summed E-state index contributed by atoms with van der Waals surface area (Å²) in [5, 5.41) is 12.3. The Morgan fingerprint density at radius 3 is 2.46 bits per heavy atom. The van der Waals surface area contributed by atoms with Crippen molar-refractivity contribution in [3.63, 3.8) is 0 Å². The number of aryl methyl sites for hydroxylation is 1. The maximum atomic E-state index is 12.5. The highest BCUT2D eigenvalue weighted by atomic mass is 35.5. The smallest absolute Gasteiger partial charge is 0.311 e. The second-order valence-corrected chi connectivity index (χ2v) is 17.2. The van der Waals surface area contributed by atoms with Crippen molar-refractivity contribution in [2.75, 3.05) is 67.7 Å². The quantitative estimate of drug-likeness (QED) is 0.202. The predicted octanol–water partition coefficient (Wildman–Crippen LogP) is 2.38. The number of halogens is 1. The van der Waals surface area contributed by atoms with Crippen LogP contribution in [0.3, 0.4) is 0 Å². The third-order valence-electron chi connectivity index (χ3n) is 9.07. The van der Waals surface area contributed by atoms with E-state index < -0.39 is 24.6 Å². The Balaban J connectivity index is 1.23. The molecule has 46 heavy (non-hydrogen) atoms. The van der Waals surface area contributed by atoms with Crippen molar-refractivity contribution in [2.24, 2.45) is 0 Å². The number of aromatic nitrogens is 2. The van der Waals surface area contributed by atoms with Crippen molar-refractivity contribution >= 4 is 48.7 Å². The fraction of sp³-hybridized carbons (Fsp3) is 0.621. The maximum absolute atomic E-state index is 12.5. The number of ether oxygens (including phenoxy) is 1. The van der Waals surface area contributed by atoms with Crippen LogP contribution in [0.1, 0.15) is 48.3 Å². The van der Waals surface area contributed by atoms with Crippen molar-refractivity contribution in [2.45, 2.75) is 51.2 Å². The lowest BCUT2D eigenvalue weighted by Crippen LogP contribution is -2.43. The number of hydrogen-bond donors (Lipinski definition) is 0. The highest BCUT2D eigenvalue weighted by Gasteiger charge is 2.34. The van der Waals surface area contributed by atoms with Crippen LogP contribution in [0, 0.1) is 17.0 Å². The van der Waals surface area contributed by atoms with Gasteiger partial charge < -0.3 is 14.5 Å². The molecule has 4 heterocycles. The number of carbonyl (C=O) groups is 1. The molecule has 14 nitrogen and oxygen atoms in total. The van der Waals surface area contributed by atoms with Crippen molar-refractivity contribution in [3.8, 4) is 5.75 Å².